The molecule has 0 N–H and O–H groups in total. The van der Waals surface area contributed by atoms with Crippen molar-refractivity contribution in [2.24, 2.45) is 0 Å². The van der Waals surface area contributed by atoms with Crippen molar-refractivity contribution in [2.75, 3.05) is 29.5 Å². The Hall–Kier alpha value is -3.22. The van der Waals surface area contributed by atoms with Gasteiger partial charge in [0.1, 0.15) is 17.9 Å². The molecule has 28 heavy (non-hydrogen) atoms. The van der Waals surface area contributed by atoms with Crippen LogP contribution in [0.3, 0.4) is 0 Å². The molecule has 0 spiro atoms. The normalized spacial score (nSPS) is 16.4. The van der Waals surface area contributed by atoms with Crippen LogP contribution >= 0.6 is 0 Å². The third-order valence-electron chi connectivity index (χ3n) is 5.37. The van der Waals surface area contributed by atoms with Gasteiger partial charge in [0.2, 0.25) is 0 Å². The minimum absolute atomic E-state index is 0.165. The van der Waals surface area contributed by atoms with Crippen LogP contribution in [0.15, 0.2) is 42.6 Å². The second-order valence-electron chi connectivity index (χ2n) is 6.97. The lowest BCUT2D eigenvalue weighted by atomic mass is 9.96. The fourth-order valence-corrected chi connectivity index (χ4v) is 4.10. The first-order valence-electron chi connectivity index (χ1n) is 9.15. The summed E-state index contributed by atoms with van der Waals surface area (Å²) in [6.07, 6.45) is 1.95. The van der Waals surface area contributed by atoms with Crippen LogP contribution in [0, 0.1) is 11.6 Å². The van der Waals surface area contributed by atoms with Gasteiger partial charge in [0.25, 0.3) is 0 Å². The van der Waals surface area contributed by atoms with Crippen molar-refractivity contribution in [3.63, 3.8) is 0 Å². The molecule has 2 aliphatic heterocycles. The van der Waals surface area contributed by atoms with Crippen molar-refractivity contribution in [3.05, 3.63) is 65.4 Å². The molecule has 1 aromatic heterocycles. The van der Waals surface area contributed by atoms with Crippen molar-refractivity contribution in [2.45, 2.75) is 13.0 Å². The van der Waals surface area contributed by atoms with E-state index in [0.717, 1.165) is 35.0 Å². The molecule has 7 heteroatoms. The van der Waals surface area contributed by atoms with Gasteiger partial charge in [-0.2, -0.15) is 0 Å². The number of nitrogens with zero attached hydrogens (tertiary/aromatic N) is 3. The number of hydrogen-bond donors (Lipinski definition) is 0. The lowest BCUT2D eigenvalue weighted by molar-refractivity contribution is 0.181. The third-order valence-corrected chi connectivity index (χ3v) is 5.37. The van der Waals surface area contributed by atoms with Crippen LogP contribution in [0.1, 0.15) is 11.1 Å². The van der Waals surface area contributed by atoms with Crippen LogP contribution in [0.25, 0.3) is 10.9 Å². The molecule has 1 saturated heterocycles. The number of amides is 1. The van der Waals surface area contributed by atoms with E-state index in [1.165, 1.54) is 6.07 Å². The summed E-state index contributed by atoms with van der Waals surface area (Å²) in [5.41, 5.74) is 4.01. The first-order valence-corrected chi connectivity index (χ1v) is 9.15. The highest BCUT2D eigenvalue weighted by Gasteiger charge is 2.29. The van der Waals surface area contributed by atoms with E-state index in [2.05, 4.69) is 9.88 Å². The Bertz CT molecular complexity index is 1100. The molecule has 3 aromatic rings. The predicted molar refractivity (Wildman–Crippen MR) is 102 cm³/mol. The van der Waals surface area contributed by atoms with Crippen LogP contribution in [-0.4, -0.2) is 30.8 Å². The van der Waals surface area contributed by atoms with Gasteiger partial charge in [-0.25, -0.2) is 13.6 Å². The van der Waals surface area contributed by atoms with Crippen molar-refractivity contribution >= 4 is 28.4 Å². The average Bonchev–Trinajstić information content (AvgIpc) is 3.12. The Kier molecular flexibility index (Phi) is 3.89. The number of cyclic esters (lactones) is 1. The lowest BCUT2D eigenvalue weighted by Gasteiger charge is -2.33. The summed E-state index contributed by atoms with van der Waals surface area (Å²) in [5, 5.41) is 0.461. The fraction of sp³-hybridized carbons (Fsp3) is 0.238. The van der Waals surface area contributed by atoms with E-state index >= 15 is 0 Å². The highest BCUT2D eigenvalue weighted by atomic mass is 19.1. The molecule has 0 atom stereocenters. The molecule has 0 saturated carbocycles. The van der Waals surface area contributed by atoms with E-state index in [1.807, 2.05) is 18.2 Å². The zero-order chi connectivity index (χ0) is 19.3. The van der Waals surface area contributed by atoms with Gasteiger partial charge in [-0.05, 0) is 35.7 Å². The van der Waals surface area contributed by atoms with Crippen LogP contribution in [-0.2, 0) is 17.7 Å². The minimum atomic E-state index is -0.663. The van der Waals surface area contributed by atoms with Crippen molar-refractivity contribution in [3.8, 4) is 0 Å². The van der Waals surface area contributed by atoms with Gasteiger partial charge in [-0.3, -0.25) is 9.88 Å². The van der Waals surface area contributed by atoms with Crippen molar-refractivity contribution in [1.29, 1.82) is 0 Å². The Balaban J connectivity index is 1.54. The summed E-state index contributed by atoms with van der Waals surface area (Å²) in [7, 11) is 0. The van der Waals surface area contributed by atoms with Crippen LogP contribution in [0.4, 0.5) is 25.0 Å². The molecular weight excluding hydrogens is 364 g/mol. The first-order chi connectivity index (χ1) is 13.6. The quantitative estimate of drug-likeness (QED) is 0.672. The summed E-state index contributed by atoms with van der Waals surface area (Å²) in [5.74, 6) is -1.28. The first kappa shape index (κ1) is 16.9. The standard InChI is InChI=1S/C21H17F2N3O2/c22-14-10-16-18(4-6-24-20(16)17(23)11-14)25-7-5-15-13(12-25)2-1-3-19(15)26-8-9-28-21(26)27/h1-4,6,10-11H,5,7-9,12H2. The van der Waals surface area contributed by atoms with Gasteiger partial charge in [0, 0.05) is 36.4 Å². The molecule has 2 aromatic carbocycles. The summed E-state index contributed by atoms with van der Waals surface area (Å²) in [6.45, 7) is 2.20. The van der Waals surface area contributed by atoms with Gasteiger partial charge >= 0.3 is 6.09 Å². The number of fused-ring (bicyclic) bond motifs is 2. The molecule has 1 amide bonds. The lowest BCUT2D eigenvalue weighted by Crippen LogP contribution is -2.33. The SMILES string of the molecule is O=C1OCCN1c1cccc2c1CCN(c1ccnc3c(F)cc(F)cc13)C2. The molecule has 0 radical (unpaired) electrons. The Morgan fingerprint density at radius 2 is 1.96 bits per heavy atom. The Labute approximate surface area is 160 Å². The van der Waals surface area contributed by atoms with E-state index in [0.29, 0.717) is 31.6 Å². The van der Waals surface area contributed by atoms with E-state index in [4.69, 9.17) is 4.74 Å². The van der Waals surface area contributed by atoms with Crippen LogP contribution in [0.2, 0.25) is 0 Å². The van der Waals surface area contributed by atoms with E-state index < -0.39 is 11.6 Å². The van der Waals surface area contributed by atoms with Gasteiger partial charge in [-0.15, -0.1) is 0 Å². The molecule has 142 valence electrons. The third kappa shape index (κ3) is 2.66. The number of hydrogen-bond acceptors (Lipinski definition) is 4. The monoisotopic (exact) mass is 381 g/mol. The Morgan fingerprint density at radius 1 is 1.07 bits per heavy atom. The number of aromatic nitrogens is 1. The minimum Gasteiger partial charge on any atom is -0.447 e. The molecule has 5 rings (SSSR count). The van der Waals surface area contributed by atoms with Crippen LogP contribution in [0.5, 0.6) is 0 Å². The smallest absolute Gasteiger partial charge is 0.414 e. The molecule has 0 aliphatic carbocycles. The summed E-state index contributed by atoms with van der Waals surface area (Å²) in [6, 6.07) is 9.85. The zero-order valence-electron chi connectivity index (χ0n) is 15.0. The number of carbonyl (C=O) groups is 1. The molecular formula is C21H17F2N3O2. The summed E-state index contributed by atoms with van der Waals surface area (Å²) in [4.78, 5) is 19.8. The summed E-state index contributed by atoms with van der Waals surface area (Å²) >= 11 is 0. The van der Waals surface area contributed by atoms with Crippen LogP contribution < -0.4 is 9.80 Å². The largest absolute Gasteiger partial charge is 0.447 e. The van der Waals surface area contributed by atoms with Gasteiger partial charge in [0.15, 0.2) is 5.82 Å². The molecule has 2 aliphatic rings. The molecule has 0 bridgehead atoms. The molecule has 0 unspecified atom stereocenters. The van der Waals surface area contributed by atoms with Crippen molar-refractivity contribution in [1.82, 2.24) is 4.98 Å². The second kappa shape index (κ2) is 6.44. The highest BCUT2D eigenvalue weighted by molar-refractivity contribution is 5.93. The van der Waals surface area contributed by atoms with Gasteiger partial charge in [-0.1, -0.05) is 12.1 Å². The Morgan fingerprint density at radius 3 is 2.79 bits per heavy atom. The average molecular weight is 381 g/mol. The van der Waals surface area contributed by atoms with E-state index in [9.17, 15) is 13.6 Å². The fourth-order valence-electron chi connectivity index (χ4n) is 4.10. The maximum absolute atomic E-state index is 14.1. The number of pyridine rings is 1. The zero-order valence-corrected chi connectivity index (χ0v) is 15.0. The molecule has 1 fully saturated rings. The number of rotatable bonds is 2. The summed E-state index contributed by atoms with van der Waals surface area (Å²) < 4.78 is 33.0. The number of anilines is 2. The highest BCUT2D eigenvalue weighted by Crippen LogP contribution is 2.35. The second-order valence-corrected chi connectivity index (χ2v) is 6.97. The number of ether oxygens (including phenoxy) is 1. The molecule has 5 nitrogen and oxygen atoms in total. The topological polar surface area (TPSA) is 45.7 Å². The van der Waals surface area contributed by atoms with Crippen molar-refractivity contribution < 1.29 is 18.3 Å². The maximum atomic E-state index is 14.1. The van der Waals surface area contributed by atoms with E-state index in [1.54, 1.807) is 17.2 Å². The molecule has 3 heterocycles. The predicted octanol–water partition coefficient (Wildman–Crippen LogP) is 4.03. The van der Waals surface area contributed by atoms with Gasteiger partial charge in [0.05, 0.1) is 12.2 Å². The van der Waals surface area contributed by atoms with E-state index in [-0.39, 0.29) is 11.6 Å². The number of carbonyl (C=O) groups excluding carboxylic acids is 1. The maximum Gasteiger partial charge on any atom is 0.414 e. The van der Waals surface area contributed by atoms with Gasteiger partial charge < -0.3 is 9.64 Å². The number of benzene rings is 2. The number of halogens is 2.